The van der Waals surface area contributed by atoms with Crippen molar-refractivity contribution in [3.63, 3.8) is 0 Å². The summed E-state index contributed by atoms with van der Waals surface area (Å²) in [6.07, 6.45) is -7.08. The first-order valence-corrected chi connectivity index (χ1v) is 9.69. The molecule has 0 spiro atoms. The van der Waals surface area contributed by atoms with Gasteiger partial charge >= 0.3 is 12.4 Å². The van der Waals surface area contributed by atoms with Gasteiger partial charge in [0.15, 0.2) is 11.6 Å². The lowest BCUT2D eigenvalue weighted by Crippen LogP contribution is -2.19. The summed E-state index contributed by atoms with van der Waals surface area (Å²) in [5, 5.41) is 2.55. The Labute approximate surface area is 192 Å². The highest BCUT2D eigenvalue weighted by atomic mass is 19.4. The Morgan fingerprint density at radius 3 is 2.26 bits per heavy atom. The number of aryl methyl sites for hydroxylation is 1. The average Bonchev–Trinajstić information content (AvgIpc) is 2.80. The highest BCUT2D eigenvalue weighted by Crippen LogP contribution is 2.31. The van der Waals surface area contributed by atoms with Crippen LogP contribution in [-0.4, -0.2) is 29.5 Å². The van der Waals surface area contributed by atoms with Crippen LogP contribution in [0.3, 0.4) is 0 Å². The van der Waals surface area contributed by atoms with Gasteiger partial charge in [0.05, 0.1) is 5.56 Å². The summed E-state index contributed by atoms with van der Waals surface area (Å²) < 4.78 is 79.8. The van der Waals surface area contributed by atoms with Crippen molar-refractivity contribution < 1.29 is 26.3 Å². The average molecular weight is 493 g/mol. The van der Waals surface area contributed by atoms with Crippen LogP contribution >= 0.6 is 0 Å². The third kappa shape index (κ3) is 5.26. The molecule has 0 fully saturated rings. The second kappa shape index (κ2) is 8.77. The number of nitrogens with zero attached hydrogens (tertiary/aromatic N) is 6. The molecule has 0 aliphatic heterocycles. The van der Waals surface area contributed by atoms with Crippen LogP contribution in [0, 0.1) is 0 Å². The van der Waals surface area contributed by atoms with Gasteiger partial charge in [-0.1, -0.05) is 6.07 Å². The SMILES string of the molecule is Cn1cccc(-c2nc(Nc3ccnc(C(F)(F)F)c3)nc(-c3cccc(C(F)(F)F)n3)n2)c1=O. The lowest BCUT2D eigenvalue weighted by atomic mass is 10.2. The van der Waals surface area contributed by atoms with E-state index in [-0.39, 0.29) is 34.5 Å². The molecule has 14 heteroatoms. The van der Waals surface area contributed by atoms with Crippen LogP contribution in [0.25, 0.3) is 22.9 Å². The Kier molecular flexibility index (Phi) is 5.96. The fraction of sp³-hybridized carbons (Fsp3) is 0.143. The second-order valence-corrected chi connectivity index (χ2v) is 7.10. The molecule has 1 N–H and O–H groups in total. The number of alkyl halides is 6. The molecule has 8 nitrogen and oxygen atoms in total. The number of aromatic nitrogens is 6. The number of pyridine rings is 3. The van der Waals surface area contributed by atoms with Crippen molar-refractivity contribution in [2.45, 2.75) is 12.4 Å². The maximum atomic E-state index is 13.2. The standard InChI is InChI=1S/C21H13F6N7O/c1-34-9-3-4-12(18(34)35)16-31-17(13-5-2-6-14(30-13)20(22,23)24)33-19(32-16)29-11-7-8-28-15(10-11)21(25,26)27/h2-10H,1H3,(H,28,29,31,32,33). The van der Waals surface area contributed by atoms with E-state index in [0.29, 0.717) is 6.07 Å². The van der Waals surface area contributed by atoms with E-state index < -0.39 is 29.3 Å². The molecule has 180 valence electrons. The van der Waals surface area contributed by atoms with Crippen molar-refractivity contribution in [3.8, 4) is 22.9 Å². The molecule has 4 aromatic heterocycles. The van der Waals surface area contributed by atoms with E-state index in [9.17, 15) is 31.1 Å². The predicted octanol–water partition coefficient (Wildman–Crippen LogP) is 4.48. The molecule has 0 aromatic carbocycles. The molecule has 0 bridgehead atoms. The van der Waals surface area contributed by atoms with Crippen LogP contribution in [0.4, 0.5) is 38.0 Å². The summed E-state index contributed by atoms with van der Waals surface area (Å²) in [5.41, 5.74) is -3.31. The van der Waals surface area contributed by atoms with E-state index in [1.54, 1.807) is 0 Å². The Bertz CT molecular complexity index is 1450. The van der Waals surface area contributed by atoms with Crippen LogP contribution in [-0.2, 0) is 19.4 Å². The summed E-state index contributed by atoms with van der Waals surface area (Å²) in [6, 6.07) is 7.90. The molecule has 4 rings (SSSR count). The molecule has 0 unspecified atom stereocenters. The van der Waals surface area contributed by atoms with Crippen molar-refractivity contribution in [1.29, 1.82) is 0 Å². The topological polar surface area (TPSA) is 98.5 Å². The zero-order valence-electron chi connectivity index (χ0n) is 17.6. The monoisotopic (exact) mass is 493 g/mol. The van der Waals surface area contributed by atoms with E-state index in [4.69, 9.17) is 0 Å². The van der Waals surface area contributed by atoms with Gasteiger partial charge in [0, 0.05) is 25.1 Å². The largest absolute Gasteiger partial charge is 0.433 e. The molecule has 0 aliphatic carbocycles. The molecule has 4 heterocycles. The Balaban J connectivity index is 1.86. The zero-order valence-corrected chi connectivity index (χ0v) is 17.6. The molecule has 4 aromatic rings. The zero-order chi connectivity index (χ0) is 25.4. The summed E-state index contributed by atoms with van der Waals surface area (Å²) in [5.74, 6) is -0.878. The fourth-order valence-electron chi connectivity index (χ4n) is 2.94. The molecule has 0 saturated carbocycles. The first kappa shape index (κ1) is 23.8. The summed E-state index contributed by atoms with van der Waals surface area (Å²) in [4.78, 5) is 31.6. The lowest BCUT2D eigenvalue weighted by molar-refractivity contribution is -0.141. The molecule has 35 heavy (non-hydrogen) atoms. The quantitative estimate of drug-likeness (QED) is 0.419. The molecule has 0 aliphatic rings. The van der Waals surface area contributed by atoms with E-state index in [1.807, 2.05) is 0 Å². The number of hydrogen-bond acceptors (Lipinski definition) is 7. The Morgan fingerprint density at radius 1 is 0.829 bits per heavy atom. The Hall–Kier alpha value is -4.36. The molecule has 0 saturated heterocycles. The van der Waals surface area contributed by atoms with Crippen LogP contribution < -0.4 is 10.9 Å². The van der Waals surface area contributed by atoms with Gasteiger partial charge < -0.3 is 9.88 Å². The summed E-state index contributed by atoms with van der Waals surface area (Å²) >= 11 is 0. The predicted molar refractivity (Wildman–Crippen MR) is 111 cm³/mol. The van der Waals surface area contributed by atoms with Crippen molar-refractivity contribution >= 4 is 11.6 Å². The van der Waals surface area contributed by atoms with Gasteiger partial charge in [-0.2, -0.15) is 36.3 Å². The Morgan fingerprint density at radius 2 is 1.54 bits per heavy atom. The van der Waals surface area contributed by atoms with Crippen molar-refractivity contribution in [3.05, 3.63) is 76.6 Å². The number of rotatable bonds is 4. The minimum Gasteiger partial charge on any atom is -0.324 e. The minimum absolute atomic E-state index is 0.0145. The van der Waals surface area contributed by atoms with E-state index in [2.05, 4.69) is 30.2 Å². The molecule has 0 atom stereocenters. The number of halogens is 6. The molecule has 0 amide bonds. The second-order valence-electron chi connectivity index (χ2n) is 7.10. The molecular weight excluding hydrogens is 480 g/mol. The first-order chi connectivity index (χ1) is 16.4. The van der Waals surface area contributed by atoms with Crippen molar-refractivity contribution in [2.24, 2.45) is 7.05 Å². The van der Waals surface area contributed by atoms with Crippen LogP contribution in [0.2, 0.25) is 0 Å². The van der Waals surface area contributed by atoms with E-state index >= 15 is 0 Å². The molecular formula is C21H13F6N7O. The lowest BCUT2D eigenvalue weighted by Gasteiger charge is -2.12. The maximum absolute atomic E-state index is 13.2. The normalized spacial score (nSPS) is 12.0. The van der Waals surface area contributed by atoms with Gasteiger partial charge in [-0.25, -0.2) is 9.97 Å². The highest BCUT2D eigenvalue weighted by molar-refractivity contribution is 5.63. The fourth-order valence-corrected chi connectivity index (χ4v) is 2.94. The van der Waals surface area contributed by atoms with Crippen LogP contribution in [0.5, 0.6) is 0 Å². The van der Waals surface area contributed by atoms with Crippen LogP contribution in [0.1, 0.15) is 11.4 Å². The highest BCUT2D eigenvalue weighted by Gasteiger charge is 2.33. The van der Waals surface area contributed by atoms with Gasteiger partial charge in [0.1, 0.15) is 17.1 Å². The van der Waals surface area contributed by atoms with Crippen molar-refractivity contribution in [1.82, 2.24) is 29.5 Å². The van der Waals surface area contributed by atoms with Gasteiger partial charge in [-0.15, -0.1) is 0 Å². The van der Waals surface area contributed by atoms with E-state index in [1.165, 1.54) is 42.1 Å². The number of nitrogens with one attached hydrogen (secondary N) is 1. The van der Waals surface area contributed by atoms with Gasteiger partial charge in [0.25, 0.3) is 5.56 Å². The van der Waals surface area contributed by atoms with Crippen LogP contribution in [0.15, 0.2) is 59.7 Å². The van der Waals surface area contributed by atoms with Crippen molar-refractivity contribution in [2.75, 3.05) is 5.32 Å². The third-order valence-corrected chi connectivity index (χ3v) is 4.57. The van der Waals surface area contributed by atoms with E-state index in [0.717, 1.165) is 18.3 Å². The minimum atomic E-state index is -4.74. The summed E-state index contributed by atoms with van der Waals surface area (Å²) in [6.45, 7) is 0. The maximum Gasteiger partial charge on any atom is 0.433 e. The number of hydrogen-bond donors (Lipinski definition) is 1. The third-order valence-electron chi connectivity index (χ3n) is 4.57. The van der Waals surface area contributed by atoms with Gasteiger partial charge in [0.2, 0.25) is 5.95 Å². The first-order valence-electron chi connectivity index (χ1n) is 9.69. The van der Waals surface area contributed by atoms with Gasteiger partial charge in [-0.05, 0) is 36.4 Å². The molecule has 0 radical (unpaired) electrons. The summed E-state index contributed by atoms with van der Waals surface area (Å²) in [7, 11) is 1.47. The smallest absolute Gasteiger partial charge is 0.324 e. The number of anilines is 2. The van der Waals surface area contributed by atoms with Gasteiger partial charge in [-0.3, -0.25) is 9.78 Å².